The van der Waals surface area contributed by atoms with Crippen LogP contribution in [0, 0.1) is 24.7 Å². The van der Waals surface area contributed by atoms with Gasteiger partial charge in [0.05, 0.1) is 17.2 Å². The number of carboxylic acid groups (broad SMARTS) is 1. The number of aryl methyl sites for hydroxylation is 1. The standard InChI is InChI=1S/C16H23N3O3/c1-8(2)11-6-19(7-12(11)16(21)22)15(20)13-9(3)17-18-14(13)10-4-5-10/h8,10-12H,4-7H2,1-3H3,(H,17,18)(H,21,22)/t11-,12+/m1/s1. The number of carbonyl (C=O) groups is 2. The normalized spacial score (nSPS) is 25.0. The first kappa shape index (κ1) is 15.1. The number of nitrogens with one attached hydrogen (secondary N) is 1. The van der Waals surface area contributed by atoms with Gasteiger partial charge in [0, 0.05) is 24.7 Å². The molecule has 0 aromatic carbocycles. The number of aromatic amines is 1. The summed E-state index contributed by atoms with van der Waals surface area (Å²) in [5, 5.41) is 16.6. The molecule has 0 bridgehead atoms. The van der Waals surface area contributed by atoms with Gasteiger partial charge in [-0.25, -0.2) is 0 Å². The van der Waals surface area contributed by atoms with E-state index in [2.05, 4.69) is 10.2 Å². The van der Waals surface area contributed by atoms with E-state index in [4.69, 9.17) is 0 Å². The highest BCUT2D eigenvalue weighted by molar-refractivity contribution is 5.97. The third kappa shape index (κ3) is 2.51. The molecule has 22 heavy (non-hydrogen) atoms. The lowest BCUT2D eigenvalue weighted by atomic mass is 9.86. The number of hydrogen-bond acceptors (Lipinski definition) is 3. The van der Waals surface area contributed by atoms with E-state index < -0.39 is 11.9 Å². The second-order valence-electron chi connectivity index (χ2n) is 6.95. The summed E-state index contributed by atoms with van der Waals surface area (Å²) in [6.45, 7) is 6.71. The minimum absolute atomic E-state index is 0.0121. The van der Waals surface area contributed by atoms with E-state index in [1.54, 1.807) is 4.90 Å². The summed E-state index contributed by atoms with van der Waals surface area (Å²) in [6, 6.07) is 0. The maximum atomic E-state index is 12.9. The molecule has 1 aliphatic carbocycles. The highest BCUT2D eigenvalue weighted by atomic mass is 16.4. The molecular formula is C16H23N3O3. The van der Waals surface area contributed by atoms with Gasteiger partial charge >= 0.3 is 5.97 Å². The van der Waals surface area contributed by atoms with E-state index in [9.17, 15) is 14.7 Å². The quantitative estimate of drug-likeness (QED) is 0.891. The molecule has 6 nitrogen and oxygen atoms in total. The molecular weight excluding hydrogens is 282 g/mol. The Hall–Kier alpha value is -1.85. The third-order valence-corrected chi connectivity index (χ3v) is 4.98. The SMILES string of the molecule is Cc1[nH]nc(C2CC2)c1C(=O)N1C[C@H](C(=O)O)[C@@H](C(C)C)C1. The fraction of sp³-hybridized carbons (Fsp3) is 0.688. The maximum Gasteiger partial charge on any atom is 0.308 e. The monoisotopic (exact) mass is 305 g/mol. The number of hydrogen-bond donors (Lipinski definition) is 2. The van der Waals surface area contributed by atoms with Crippen LogP contribution in [-0.4, -0.2) is 45.2 Å². The predicted molar refractivity (Wildman–Crippen MR) is 80.7 cm³/mol. The van der Waals surface area contributed by atoms with Gasteiger partial charge in [0.2, 0.25) is 0 Å². The highest BCUT2D eigenvalue weighted by Gasteiger charge is 2.43. The van der Waals surface area contributed by atoms with Gasteiger partial charge in [-0.2, -0.15) is 5.10 Å². The smallest absolute Gasteiger partial charge is 0.308 e. The van der Waals surface area contributed by atoms with Crippen molar-refractivity contribution in [3.05, 3.63) is 17.0 Å². The minimum Gasteiger partial charge on any atom is -0.481 e. The van der Waals surface area contributed by atoms with Gasteiger partial charge in [0.15, 0.2) is 0 Å². The van der Waals surface area contributed by atoms with Crippen LogP contribution in [0.5, 0.6) is 0 Å². The highest BCUT2D eigenvalue weighted by Crippen LogP contribution is 2.42. The zero-order chi connectivity index (χ0) is 16.0. The molecule has 1 saturated heterocycles. The molecule has 3 rings (SSSR count). The lowest BCUT2D eigenvalue weighted by molar-refractivity contribution is -0.142. The van der Waals surface area contributed by atoms with E-state index in [1.165, 1.54) is 0 Å². The fourth-order valence-corrected chi connectivity index (χ4v) is 3.46. The molecule has 1 aliphatic heterocycles. The van der Waals surface area contributed by atoms with Crippen molar-refractivity contribution in [1.29, 1.82) is 0 Å². The number of nitrogens with zero attached hydrogens (tertiary/aromatic N) is 2. The maximum absolute atomic E-state index is 12.9. The van der Waals surface area contributed by atoms with E-state index >= 15 is 0 Å². The Morgan fingerprint density at radius 2 is 2.00 bits per heavy atom. The van der Waals surface area contributed by atoms with Crippen molar-refractivity contribution in [3.63, 3.8) is 0 Å². The van der Waals surface area contributed by atoms with Gasteiger partial charge in [-0.05, 0) is 31.6 Å². The molecule has 0 radical (unpaired) electrons. The predicted octanol–water partition coefficient (Wildman–Crippen LogP) is 2.02. The van der Waals surface area contributed by atoms with Crippen LogP contribution in [0.1, 0.15) is 54.4 Å². The molecule has 1 amide bonds. The summed E-state index contributed by atoms with van der Waals surface area (Å²) >= 11 is 0. The van der Waals surface area contributed by atoms with Crippen molar-refractivity contribution < 1.29 is 14.7 Å². The lowest BCUT2D eigenvalue weighted by Gasteiger charge is -2.19. The van der Waals surface area contributed by atoms with Crippen molar-refractivity contribution in [3.8, 4) is 0 Å². The molecule has 6 heteroatoms. The number of aromatic nitrogens is 2. The molecule has 2 aliphatic rings. The Morgan fingerprint density at radius 1 is 1.32 bits per heavy atom. The molecule has 2 fully saturated rings. The van der Waals surface area contributed by atoms with Gasteiger partial charge in [-0.1, -0.05) is 13.8 Å². The Labute approximate surface area is 129 Å². The van der Waals surface area contributed by atoms with Gasteiger partial charge in [0.1, 0.15) is 0 Å². The Bertz CT molecular complexity index is 604. The summed E-state index contributed by atoms with van der Waals surface area (Å²) in [7, 11) is 0. The molecule has 2 heterocycles. The zero-order valence-corrected chi connectivity index (χ0v) is 13.3. The average molecular weight is 305 g/mol. The Morgan fingerprint density at radius 3 is 2.50 bits per heavy atom. The summed E-state index contributed by atoms with van der Waals surface area (Å²) < 4.78 is 0. The Balaban J connectivity index is 1.84. The molecule has 0 spiro atoms. The van der Waals surface area contributed by atoms with E-state index in [0.717, 1.165) is 24.2 Å². The van der Waals surface area contributed by atoms with E-state index in [-0.39, 0.29) is 17.7 Å². The fourth-order valence-electron chi connectivity index (χ4n) is 3.46. The summed E-state index contributed by atoms with van der Waals surface area (Å²) in [6.07, 6.45) is 2.16. The van der Waals surface area contributed by atoms with Crippen molar-refractivity contribution in [1.82, 2.24) is 15.1 Å². The van der Waals surface area contributed by atoms with Gasteiger partial charge in [-0.3, -0.25) is 14.7 Å². The van der Waals surface area contributed by atoms with Crippen molar-refractivity contribution in [2.75, 3.05) is 13.1 Å². The van der Waals surface area contributed by atoms with Crippen molar-refractivity contribution in [2.24, 2.45) is 17.8 Å². The van der Waals surface area contributed by atoms with Crippen LogP contribution in [0.25, 0.3) is 0 Å². The average Bonchev–Trinajstić information content (AvgIpc) is 3.06. The topological polar surface area (TPSA) is 86.3 Å². The van der Waals surface area contributed by atoms with Crippen LogP contribution < -0.4 is 0 Å². The zero-order valence-electron chi connectivity index (χ0n) is 13.3. The van der Waals surface area contributed by atoms with Crippen LogP contribution in [0.4, 0.5) is 0 Å². The number of amides is 1. The molecule has 0 unspecified atom stereocenters. The number of carbonyl (C=O) groups excluding carboxylic acids is 1. The van der Waals surface area contributed by atoms with Crippen LogP contribution in [-0.2, 0) is 4.79 Å². The number of rotatable bonds is 4. The first-order chi connectivity index (χ1) is 10.4. The second kappa shape index (κ2) is 5.41. The van der Waals surface area contributed by atoms with Gasteiger partial charge in [-0.15, -0.1) is 0 Å². The summed E-state index contributed by atoms with van der Waals surface area (Å²) in [5.74, 6) is -0.698. The molecule has 2 atom stereocenters. The number of likely N-dealkylation sites (tertiary alicyclic amines) is 1. The van der Waals surface area contributed by atoms with Crippen LogP contribution in [0.15, 0.2) is 0 Å². The first-order valence-corrected chi connectivity index (χ1v) is 7.97. The molecule has 2 N–H and O–H groups in total. The van der Waals surface area contributed by atoms with Crippen molar-refractivity contribution in [2.45, 2.75) is 39.5 Å². The van der Waals surface area contributed by atoms with Crippen LogP contribution in [0.3, 0.4) is 0 Å². The van der Waals surface area contributed by atoms with E-state index in [1.807, 2.05) is 20.8 Å². The molecule has 1 aromatic heterocycles. The van der Waals surface area contributed by atoms with Crippen molar-refractivity contribution >= 4 is 11.9 Å². The van der Waals surface area contributed by atoms with Gasteiger partial charge in [0.25, 0.3) is 5.91 Å². The van der Waals surface area contributed by atoms with Gasteiger partial charge < -0.3 is 10.0 Å². The number of aliphatic carboxylic acids is 1. The summed E-state index contributed by atoms with van der Waals surface area (Å²) in [4.78, 5) is 26.1. The first-order valence-electron chi connectivity index (χ1n) is 7.97. The largest absolute Gasteiger partial charge is 0.481 e. The number of carboxylic acids is 1. The van der Waals surface area contributed by atoms with E-state index in [0.29, 0.717) is 24.6 Å². The lowest BCUT2D eigenvalue weighted by Crippen LogP contribution is -2.30. The molecule has 1 saturated carbocycles. The van der Waals surface area contributed by atoms with Crippen LogP contribution in [0.2, 0.25) is 0 Å². The second-order valence-corrected chi connectivity index (χ2v) is 6.95. The number of H-pyrrole nitrogens is 1. The molecule has 120 valence electrons. The Kier molecular flexibility index (Phi) is 3.70. The van der Waals surface area contributed by atoms with Crippen LogP contribution >= 0.6 is 0 Å². The minimum atomic E-state index is -0.805. The molecule has 1 aromatic rings. The third-order valence-electron chi connectivity index (χ3n) is 4.98. The summed E-state index contributed by atoms with van der Waals surface area (Å²) in [5.41, 5.74) is 2.31.